The maximum atomic E-state index is 7.97. The number of benzene rings is 6. The number of fused-ring (bicyclic) bond motifs is 3. The molecule has 0 heterocycles. The molecule has 210 valence electrons. The molecule has 0 unspecified atom stereocenters. The van der Waals surface area contributed by atoms with E-state index in [4.69, 9.17) is 4.43 Å². The van der Waals surface area contributed by atoms with E-state index in [-0.39, 0.29) is 6.10 Å². The Morgan fingerprint density at radius 1 is 0.548 bits per heavy atom. The van der Waals surface area contributed by atoms with E-state index >= 15 is 0 Å². The van der Waals surface area contributed by atoms with Crippen LogP contribution in [0.25, 0.3) is 32.3 Å². The summed E-state index contributed by atoms with van der Waals surface area (Å²) in [5, 5.41) is 11.6. The molecule has 2 heteroatoms. The molecule has 42 heavy (non-hydrogen) atoms. The van der Waals surface area contributed by atoms with E-state index in [2.05, 4.69) is 148 Å². The standard InChI is InChI=1S/C40H40OSi/c1-28(2)39-23-16-29(3)24-40(39)41-42(36-20-17-30-10-4-7-13-33(30)25-36,37-21-18-31-11-5-8-14-34(31)26-37)38-22-19-32-12-6-9-15-35(32)27-38/h4-15,17-22,25-29,39-40H,16,23-24H2,1-3H3/t29-,39+,40-/m0/s1. The Kier molecular flexibility index (Phi) is 7.21. The lowest BCUT2D eigenvalue weighted by Crippen LogP contribution is -2.71. The average molecular weight is 565 g/mol. The van der Waals surface area contributed by atoms with Crippen molar-refractivity contribution < 1.29 is 4.43 Å². The minimum absolute atomic E-state index is 0.213. The summed E-state index contributed by atoms with van der Waals surface area (Å²) in [6.07, 6.45) is 3.86. The van der Waals surface area contributed by atoms with Crippen molar-refractivity contribution in [2.75, 3.05) is 0 Å². The third kappa shape index (κ3) is 4.87. The van der Waals surface area contributed by atoms with Crippen LogP contribution in [0.2, 0.25) is 0 Å². The normalized spacial score (nSPS) is 19.6. The van der Waals surface area contributed by atoms with Gasteiger partial charge in [-0.25, -0.2) is 0 Å². The van der Waals surface area contributed by atoms with Crippen LogP contribution >= 0.6 is 0 Å². The second-order valence-corrected chi connectivity index (χ2v) is 16.2. The van der Waals surface area contributed by atoms with Crippen LogP contribution in [0.5, 0.6) is 0 Å². The third-order valence-electron chi connectivity index (χ3n) is 9.76. The van der Waals surface area contributed by atoms with Crippen LogP contribution in [0.1, 0.15) is 40.0 Å². The molecule has 0 spiro atoms. The monoisotopic (exact) mass is 564 g/mol. The van der Waals surface area contributed by atoms with Gasteiger partial charge in [0.05, 0.1) is 0 Å². The van der Waals surface area contributed by atoms with Crippen molar-refractivity contribution in [1.29, 1.82) is 0 Å². The van der Waals surface area contributed by atoms with E-state index in [1.54, 1.807) is 0 Å². The highest BCUT2D eigenvalue weighted by molar-refractivity contribution is 7.07. The maximum Gasteiger partial charge on any atom is 0.288 e. The first-order chi connectivity index (χ1) is 20.5. The zero-order chi connectivity index (χ0) is 28.7. The van der Waals surface area contributed by atoms with Crippen molar-refractivity contribution in [1.82, 2.24) is 0 Å². The van der Waals surface area contributed by atoms with E-state index in [1.165, 1.54) is 60.7 Å². The summed E-state index contributed by atoms with van der Waals surface area (Å²) in [5.74, 6) is 1.80. The van der Waals surface area contributed by atoms with Crippen LogP contribution in [0, 0.1) is 17.8 Å². The maximum absolute atomic E-state index is 7.97. The van der Waals surface area contributed by atoms with Gasteiger partial charge in [0.15, 0.2) is 0 Å². The summed E-state index contributed by atoms with van der Waals surface area (Å²) in [5.41, 5.74) is 0. The molecular formula is C40H40OSi. The van der Waals surface area contributed by atoms with Crippen molar-refractivity contribution in [2.24, 2.45) is 17.8 Å². The zero-order valence-corrected chi connectivity index (χ0v) is 26.0. The molecule has 3 atom stereocenters. The van der Waals surface area contributed by atoms with Crippen molar-refractivity contribution in [2.45, 2.75) is 46.1 Å². The molecule has 1 aliphatic carbocycles. The highest BCUT2D eigenvalue weighted by Gasteiger charge is 2.47. The van der Waals surface area contributed by atoms with Crippen LogP contribution in [0.15, 0.2) is 127 Å². The van der Waals surface area contributed by atoms with Gasteiger partial charge >= 0.3 is 0 Å². The van der Waals surface area contributed by atoms with Gasteiger partial charge in [-0.3, -0.25) is 0 Å². The number of hydrogen-bond acceptors (Lipinski definition) is 1. The summed E-state index contributed by atoms with van der Waals surface area (Å²) < 4.78 is 7.97. The molecule has 0 aliphatic heterocycles. The largest absolute Gasteiger partial charge is 0.401 e. The fourth-order valence-electron chi connectivity index (χ4n) is 7.41. The molecule has 0 bridgehead atoms. The Labute approximate surface area is 251 Å². The molecule has 1 fully saturated rings. The third-order valence-corrected chi connectivity index (χ3v) is 13.8. The van der Waals surface area contributed by atoms with E-state index in [1.807, 2.05) is 0 Å². The molecule has 0 radical (unpaired) electrons. The lowest BCUT2D eigenvalue weighted by molar-refractivity contribution is 0.0442. The first-order valence-corrected chi connectivity index (χ1v) is 17.6. The summed E-state index contributed by atoms with van der Waals surface area (Å²) >= 11 is 0. The van der Waals surface area contributed by atoms with Crippen LogP contribution in [-0.4, -0.2) is 14.4 Å². The SMILES string of the molecule is CC(C)[C@H]1CC[C@H](C)C[C@@H]1O[Si](c1ccc2ccccc2c1)(c1ccc2ccccc2c1)c1ccc2ccccc2c1. The molecule has 1 saturated carbocycles. The lowest BCUT2D eigenvalue weighted by Gasteiger charge is -2.44. The molecule has 6 aromatic rings. The number of rotatable bonds is 6. The predicted molar refractivity (Wildman–Crippen MR) is 183 cm³/mol. The fraction of sp³-hybridized carbons (Fsp3) is 0.250. The Balaban J connectivity index is 1.54. The Bertz CT molecular complexity index is 1680. The average Bonchev–Trinajstić information content (AvgIpc) is 3.03. The van der Waals surface area contributed by atoms with E-state index in [9.17, 15) is 0 Å². The molecule has 1 aliphatic rings. The molecule has 0 amide bonds. The van der Waals surface area contributed by atoms with Gasteiger partial charge in [-0.2, -0.15) is 0 Å². The molecule has 0 aromatic heterocycles. The highest BCUT2D eigenvalue weighted by Crippen LogP contribution is 2.37. The molecule has 6 aromatic carbocycles. The van der Waals surface area contributed by atoms with Gasteiger partial charge < -0.3 is 4.43 Å². The van der Waals surface area contributed by atoms with E-state index in [0.717, 1.165) is 6.42 Å². The van der Waals surface area contributed by atoms with Crippen molar-refractivity contribution in [3.8, 4) is 0 Å². The topological polar surface area (TPSA) is 9.23 Å². The highest BCUT2D eigenvalue weighted by atomic mass is 28.4. The van der Waals surface area contributed by atoms with Crippen molar-refractivity contribution in [3.05, 3.63) is 127 Å². The molecule has 7 rings (SSSR count). The van der Waals surface area contributed by atoms with Crippen molar-refractivity contribution >= 4 is 56.2 Å². The summed E-state index contributed by atoms with van der Waals surface area (Å²) in [7, 11) is -2.98. The van der Waals surface area contributed by atoms with Gasteiger partial charge in [0.25, 0.3) is 8.32 Å². The number of hydrogen-bond donors (Lipinski definition) is 0. The second-order valence-electron chi connectivity index (χ2n) is 12.8. The van der Waals surface area contributed by atoms with Crippen LogP contribution in [0.3, 0.4) is 0 Å². The Hall–Kier alpha value is -3.72. The Morgan fingerprint density at radius 3 is 1.36 bits per heavy atom. The zero-order valence-electron chi connectivity index (χ0n) is 25.0. The molecule has 1 nitrogen and oxygen atoms in total. The summed E-state index contributed by atoms with van der Waals surface area (Å²) in [4.78, 5) is 0. The van der Waals surface area contributed by atoms with Crippen molar-refractivity contribution in [3.63, 3.8) is 0 Å². The smallest absolute Gasteiger partial charge is 0.288 e. The Morgan fingerprint density at radius 2 is 0.952 bits per heavy atom. The second kappa shape index (κ2) is 11.2. The first-order valence-electron chi connectivity index (χ1n) is 15.7. The minimum Gasteiger partial charge on any atom is -0.401 e. The van der Waals surface area contributed by atoms with E-state index in [0.29, 0.717) is 17.8 Å². The summed E-state index contributed by atoms with van der Waals surface area (Å²) in [6, 6.07) is 47.6. The summed E-state index contributed by atoms with van der Waals surface area (Å²) in [6.45, 7) is 7.20. The molecular weight excluding hydrogens is 525 g/mol. The first kappa shape index (κ1) is 27.1. The van der Waals surface area contributed by atoms with E-state index < -0.39 is 8.32 Å². The van der Waals surface area contributed by atoms with Crippen LogP contribution in [0.4, 0.5) is 0 Å². The van der Waals surface area contributed by atoms with Gasteiger partial charge in [-0.1, -0.05) is 155 Å². The molecule has 0 saturated heterocycles. The van der Waals surface area contributed by atoms with Gasteiger partial charge in [-0.15, -0.1) is 0 Å². The van der Waals surface area contributed by atoms with Gasteiger partial charge in [0.2, 0.25) is 0 Å². The minimum atomic E-state index is -2.98. The quantitative estimate of drug-likeness (QED) is 0.145. The molecule has 0 N–H and O–H groups in total. The fourth-order valence-corrected chi connectivity index (χ4v) is 11.6. The predicted octanol–water partition coefficient (Wildman–Crippen LogP) is 8.59. The van der Waals surface area contributed by atoms with Gasteiger partial charge in [0, 0.05) is 6.10 Å². The van der Waals surface area contributed by atoms with Crippen LogP contribution < -0.4 is 15.6 Å². The lowest BCUT2D eigenvalue weighted by atomic mass is 9.75. The van der Waals surface area contributed by atoms with Crippen LogP contribution in [-0.2, 0) is 4.43 Å². The van der Waals surface area contributed by atoms with Gasteiger partial charge in [0.1, 0.15) is 0 Å². The van der Waals surface area contributed by atoms with Gasteiger partial charge in [-0.05, 0) is 78.5 Å².